The number of anilines is 1. The van der Waals surface area contributed by atoms with Crippen LogP contribution in [0, 0.1) is 0 Å². The van der Waals surface area contributed by atoms with Gasteiger partial charge >= 0.3 is 0 Å². The van der Waals surface area contributed by atoms with Crippen molar-refractivity contribution in [3.05, 3.63) is 83.9 Å². The van der Waals surface area contributed by atoms with Crippen LogP contribution in [0.25, 0.3) is 27.7 Å². The van der Waals surface area contributed by atoms with Gasteiger partial charge in [-0.2, -0.15) is 4.68 Å². The number of carbonyl (C=O) groups is 1. The number of nitrogens with zero attached hydrogens (tertiary/aromatic N) is 7. The fourth-order valence-corrected chi connectivity index (χ4v) is 5.16. The summed E-state index contributed by atoms with van der Waals surface area (Å²) >= 11 is 1.37. The normalized spacial score (nSPS) is 13.8. The SMILES string of the molecule is O=C(c1sc(-c2ccco2)nc1-c1ccccc1)N1CCN(c2nnnn2-c2ccccc2)CC1. The maximum Gasteiger partial charge on any atom is 0.266 e. The summed E-state index contributed by atoms with van der Waals surface area (Å²) in [7, 11) is 0. The van der Waals surface area contributed by atoms with Crippen molar-refractivity contribution in [3.8, 4) is 27.7 Å². The summed E-state index contributed by atoms with van der Waals surface area (Å²) in [5, 5.41) is 13.0. The number of tetrazole rings is 1. The van der Waals surface area contributed by atoms with Gasteiger partial charge in [0, 0.05) is 31.7 Å². The summed E-state index contributed by atoms with van der Waals surface area (Å²) in [6, 6.07) is 23.3. The summed E-state index contributed by atoms with van der Waals surface area (Å²) in [6.45, 7) is 2.37. The van der Waals surface area contributed by atoms with Crippen LogP contribution in [0.1, 0.15) is 9.67 Å². The number of hydrogen-bond acceptors (Lipinski definition) is 8. The highest BCUT2D eigenvalue weighted by Crippen LogP contribution is 2.35. The first kappa shape index (κ1) is 21.2. The number of piperazine rings is 1. The second kappa shape index (κ2) is 9.15. The van der Waals surface area contributed by atoms with Crippen LogP contribution in [0.2, 0.25) is 0 Å². The van der Waals surface area contributed by atoms with E-state index in [1.807, 2.05) is 77.7 Å². The number of benzene rings is 2. The molecule has 9 nitrogen and oxygen atoms in total. The molecule has 35 heavy (non-hydrogen) atoms. The van der Waals surface area contributed by atoms with Crippen LogP contribution >= 0.6 is 11.3 Å². The first-order valence-electron chi connectivity index (χ1n) is 11.3. The van der Waals surface area contributed by atoms with Crippen molar-refractivity contribution in [2.24, 2.45) is 0 Å². The summed E-state index contributed by atoms with van der Waals surface area (Å²) in [5.74, 6) is 1.30. The van der Waals surface area contributed by atoms with Crippen molar-refractivity contribution in [1.82, 2.24) is 30.1 Å². The predicted molar refractivity (Wildman–Crippen MR) is 133 cm³/mol. The molecule has 0 spiro atoms. The first-order valence-corrected chi connectivity index (χ1v) is 12.1. The molecule has 0 unspecified atom stereocenters. The Morgan fingerprint density at radius 2 is 1.63 bits per heavy atom. The third-order valence-electron chi connectivity index (χ3n) is 5.90. The standard InChI is InChI=1S/C25H21N7O2S/c33-24(22-21(18-8-3-1-4-9-18)26-23(35-22)20-12-7-17-34-20)30-13-15-31(16-14-30)25-27-28-29-32(25)19-10-5-2-6-11-19/h1-12,17H,13-16H2. The molecular formula is C25H21N7O2S. The molecule has 1 saturated heterocycles. The Morgan fingerprint density at radius 1 is 0.886 bits per heavy atom. The smallest absolute Gasteiger partial charge is 0.266 e. The Balaban J connectivity index is 1.24. The van der Waals surface area contributed by atoms with E-state index in [2.05, 4.69) is 20.4 Å². The van der Waals surface area contributed by atoms with Gasteiger partial charge in [0.1, 0.15) is 4.88 Å². The molecule has 5 aromatic rings. The number of furan rings is 1. The van der Waals surface area contributed by atoms with Gasteiger partial charge in [-0.05, 0) is 34.7 Å². The molecule has 0 aliphatic carbocycles. The zero-order chi connectivity index (χ0) is 23.6. The summed E-state index contributed by atoms with van der Waals surface area (Å²) in [4.78, 5) is 23.0. The highest BCUT2D eigenvalue weighted by molar-refractivity contribution is 7.17. The summed E-state index contributed by atoms with van der Waals surface area (Å²) < 4.78 is 7.27. The first-order chi connectivity index (χ1) is 17.3. The number of para-hydroxylation sites is 1. The number of hydrogen-bond donors (Lipinski definition) is 0. The van der Waals surface area contributed by atoms with E-state index in [-0.39, 0.29) is 5.91 Å². The molecule has 0 radical (unpaired) electrons. The van der Waals surface area contributed by atoms with Crippen LogP contribution in [0.5, 0.6) is 0 Å². The Hall–Kier alpha value is -4.31. The second-order valence-electron chi connectivity index (χ2n) is 8.05. The predicted octanol–water partition coefficient (Wildman–Crippen LogP) is 4.01. The van der Waals surface area contributed by atoms with Crippen LogP contribution < -0.4 is 4.90 Å². The van der Waals surface area contributed by atoms with E-state index in [9.17, 15) is 4.79 Å². The van der Waals surface area contributed by atoms with Gasteiger partial charge in [-0.1, -0.05) is 53.6 Å². The van der Waals surface area contributed by atoms with Gasteiger partial charge in [0.05, 0.1) is 17.6 Å². The molecule has 1 amide bonds. The third kappa shape index (κ3) is 4.08. The number of amides is 1. The Bertz CT molecular complexity index is 1420. The minimum absolute atomic E-state index is 0.0264. The zero-order valence-electron chi connectivity index (χ0n) is 18.7. The molecule has 0 N–H and O–H groups in total. The summed E-state index contributed by atoms with van der Waals surface area (Å²) in [5.41, 5.74) is 2.49. The zero-order valence-corrected chi connectivity index (χ0v) is 19.5. The maximum atomic E-state index is 13.7. The van der Waals surface area contributed by atoms with Crippen molar-refractivity contribution < 1.29 is 9.21 Å². The second-order valence-corrected chi connectivity index (χ2v) is 9.04. The average Bonchev–Trinajstić information content (AvgIpc) is 3.70. The van der Waals surface area contributed by atoms with Crippen molar-refractivity contribution in [3.63, 3.8) is 0 Å². The molecule has 1 fully saturated rings. The molecule has 0 atom stereocenters. The molecule has 1 aliphatic rings. The van der Waals surface area contributed by atoms with Gasteiger partial charge in [-0.3, -0.25) is 4.79 Å². The van der Waals surface area contributed by atoms with E-state index in [1.54, 1.807) is 10.9 Å². The number of carbonyl (C=O) groups excluding carboxylic acids is 1. The number of rotatable bonds is 5. The molecule has 1 aliphatic heterocycles. The lowest BCUT2D eigenvalue weighted by Gasteiger charge is -2.34. The quantitative estimate of drug-likeness (QED) is 0.373. The molecule has 4 heterocycles. The highest BCUT2D eigenvalue weighted by Gasteiger charge is 2.29. The van der Waals surface area contributed by atoms with Crippen molar-refractivity contribution in [2.45, 2.75) is 0 Å². The van der Waals surface area contributed by atoms with Gasteiger partial charge in [0.25, 0.3) is 5.91 Å². The van der Waals surface area contributed by atoms with E-state index >= 15 is 0 Å². The monoisotopic (exact) mass is 483 g/mol. The minimum Gasteiger partial charge on any atom is -0.462 e. The Morgan fingerprint density at radius 3 is 2.34 bits per heavy atom. The molecule has 2 aromatic carbocycles. The van der Waals surface area contributed by atoms with Gasteiger partial charge in [0.15, 0.2) is 10.8 Å². The van der Waals surface area contributed by atoms with Crippen molar-refractivity contribution in [1.29, 1.82) is 0 Å². The fraction of sp³-hybridized carbons (Fsp3) is 0.160. The molecule has 0 bridgehead atoms. The fourth-order valence-electron chi connectivity index (χ4n) is 4.13. The molecule has 174 valence electrons. The van der Waals surface area contributed by atoms with Gasteiger partial charge in [-0.15, -0.1) is 11.3 Å². The van der Waals surface area contributed by atoms with E-state index in [0.717, 1.165) is 11.3 Å². The topological polar surface area (TPSA) is 93.2 Å². The van der Waals surface area contributed by atoms with Crippen LogP contribution in [0.3, 0.4) is 0 Å². The van der Waals surface area contributed by atoms with E-state index < -0.39 is 0 Å². The van der Waals surface area contributed by atoms with E-state index in [1.165, 1.54) is 11.3 Å². The van der Waals surface area contributed by atoms with Crippen LogP contribution in [-0.2, 0) is 0 Å². The van der Waals surface area contributed by atoms with Gasteiger partial charge < -0.3 is 14.2 Å². The summed E-state index contributed by atoms with van der Waals surface area (Å²) in [6.07, 6.45) is 1.61. The molecule has 6 rings (SSSR count). The molecule has 0 saturated carbocycles. The molecular weight excluding hydrogens is 462 g/mol. The Labute approximate surface area is 205 Å². The molecule has 10 heteroatoms. The van der Waals surface area contributed by atoms with E-state index in [4.69, 9.17) is 9.40 Å². The van der Waals surface area contributed by atoms with Crippen LogP contribution in [0.4, 0.5) is 5.95 Å². The minimum atomic E-state index is -0.0264. The van der Waals surface area contributed by atoms with Crippen molar-refractivity contribution in [2.75, 3.05) is 31.1 Å². The number of aromatic nitrogens is 5. The van der Waals surface area contributed by atoms with Gasteiger partial charge in [-0.25, -0.2) is 4.98 Å². The maximum absolute atomic E-state index is 13.7. The van der Waals surface area contributed by atoms with E-state index in [0.29, 0.717) is 53.5 Å². The lowest BCUT2D eigenvalue weighted by atomic mass is 10.1. The van der Waals surface area contributed by atoms with Crippen molar-refractivity contribution >= 4 is 23.2 Å². The lowest BCUT2D eigenvalue weighted by molar-refractivity contribution is 0.0751. The van der Waals surface area contributed by atoms with Crippen LogP contribution in [-0.4, -0.2) is 62.2 Å². The Kier molecular flexibility index (Phi) is 5.55. The van der Waals surface area contributed by atoms with Gasteiger partial charge in [0.2, 0.25) is 5.95 Å². The molecule has 3 aromatic heterocycles. The van der Waals surface area contributed by atoms with Crippen LogP contribution in [0.15, 0.2) is 83.5 Å². The number of thiazole rings is 1. The highest BCUT2D eigenvalue weighted by atomic mass is 32.1. The lowest BCUT2D eigenvalue weighted by Crippen LogP contribution is -2.49. The average molecular weight is 484 g/mol. The third-order valence-corrected chi connectivity index (χ3v) is 6.96. The largest absolute Gasteiger partial charge is 0.462 e.